The molecule has 0 saturated carbocycles. The summed E-state index contributed by atoms with van der Waals surface area (Å²) in [4.78, 5) is 0. The Morgan fingerprint density at radius 1 is 0.800 bits per heavy atom. The number of para-hydroxylation sites is 4. The third kappa shape index (κ3) is 3.82. The van der Waals surface area contributed by atoms with E-state index in [-0.39, 0.29) is 16.9 Å². The van der Waals surface area contributed by atoms with Crippen LogP contribution in [0.2, 0.25) is 0 Å². The molecule has 1 aromatic heterocycles. The molecule has 0 amide bonds. The van der Waals surface area contributed by atoms with Crippen molar-refractivity contribution in [2.24, 2.45) is 0 Å². The summed E-state index contributed by atoms with van der Waals surface area (Å²) in [5.41, 5.74) is 3.27. The molecule has 0 fully saturated rings. The zero-order valence-corrected chi connectivity index (χ0v) is 18.7. The number of rotatable bonds is 3. The maximum Gasteiger partial charge on any atom is 0.573 e. The Bertz CT molecular complexity index is 1220. The van der Waals surface area contributed by atoms with Crippen molar-refractivity contribution in [3.63, 3.8) is 0 Å². The Balaban J connectivity index is 1.91. The molecule has 156 valence electrons. The Hall–Kier alpha value is -2.42. The zero-order chi connectivity index (χ0) is 21.7. The molecule has 7 heteroatoms. The number of benzene rings is 3. The van der Waals surface area contributed by atoms with Crippen LogP contribution in [0.1, 0.15) is 26.3 Å². The van der Waals surface area contributed by atoms with E-state index in [0.717, 1.165) is 21.9 Å². The van der Waals surface area contributed by atoms with Crippen molar-refractivity contribution in [1.82, 2.24) is 0 Å². The van der Waals surface area contributed by atoms with E-state index >= 15 is 0 Å². The molecule has 1 heterocycles. The Morgan fingerprint density at radius 3 is 2.07 bits per heavy atom. The number of hydrogen-bond donors (Lipinski definition) is 0. The number of fused-ring (bicyclic) bond motifs is 3. The van der Waals surface area contributed by atoms with Gasteiger partial charge in [-0.1, -0.05) is 63.2 Å². The van der Waals surface area contributed by atoms with Crippen LogP contribution in [0.25, 0.3) is 21.9 Å². The number of halogens is 4. The molecule has 3 nitrogen and oxygen atoms in total. The Kier molecular flexibility index (Phi) is 5.12. The van der Waals surface area contributed by atoms with Crippen LogP contribution in [0.4, 0.5) is 24.5 Å². The van der Waals surface area contributed by atoms with Crippen LogP contribution in [-0.4, -0.2) is 6.36 Å². The molecule has 4 aromatic rings. The summed E-state index contributed by atoms with van der Waals surface area (Å²) >= 11 is 1.97. The van der Waals surface area contributed by atoms with Gasteiger partial charge in [-0.3, -0.25) is 3.11 Å². The summed E-state index contributed by atoms with van der Waals surface area (Å²) in [6.45, 7) is 6.35. The molecule has 0 saturated heterocycles. The highest BCUT2D eigenvalue weighted by Gasteiger charge is 2.33. The molecule has 0 N–H and O–H groups in total. The maximum absolute atomic E-state index is 12.9. The Labute approximate surface area is 185 Å². The fourth-order valence-corrected chi connectivity index (χ4v) is 4.29. The van der Waals surface area contributed by atoms with E-state index in [1.807, 2.05) is 59.3 Å². The largest absolute Gasteiger partial charge is 0.573 e. The summed E-state index contributed by atoms with van der Waals surface area (Å²) in [6, 6.07) is 17.7. The third-order valence-corrected chi connectivity index (χ3v) is 5.87. The van der Waals surface area contributed by atoms with Gasteiger partial charge in [-0.05, 0) is 23.6 Å². The molecular weight excluding hydrogens is 506 g/mol. The molecule has 0 aliphatic rings. The first-order valence-electron chi connectivity index (χ1n) is 9.32. The quantitative estimate of drug-likeness (QED) is 0.199. The van der Waals surface area contributed by atoms with Crippen molar-refractivity contribution in [2.45, 2.75) is 32.5 Å². The highest BCUT2D eigenvalue weighted by molar-refractivity contribution is 14.1. The van der Waals surface area contributed by atoms with Gasteiger partial charge in [-0.15, -0.1) is 13.2 Å². The predicted octanol–water partition coefficient (Wildman–Crippen LogP) is 8.27. The lowest BCUT2D eigenvalue weighted by atomic mass is 9.86. The molecule has 4 rings (SSSR count). The number of nitrogens with zero attached hydrogens (tertiary/aromatic N) is 1. The van der Waals surface area contributed by atoms with E-state index < -0.39 is 6.36 Å². The fraction of sp³-hybridized carbons (Fsp3) is 0.217. The lowest BCUT2D eigenvalue weighted by Crippen LogP contribution is -2.18. The first-order chi connectivity index (χ1) is 14.1. The topological polar surface area (TPSA) is 25.6 Å². The second kappa shape index (κ2) is 7.37. The lowest BCUT2D eigenvalue weighted by molar-refractivity contribution is -0.274. The Morgan fingerprint density at radius 2 is 1.40 bits per heavy atom. The number of ether oxygens (including phenoxy) is 1. The van der Waals surface area contributed by atoms with Crippen molar-refractivity contribution in [3.8, 4) is 5.75 Å². The van der Waals surface area contributed by atoms with Gasteiger partial charge in [0.15, 0.2) is 11.3 Å². The monoisotopic (exact) mass is 525 g/mol. The van der Waals surface area contributed by atoms with E-state index in [4.69, 9.17) is 4.42 Å². The number of hydrogen-bond acceptors (Lipinski definition) is 3. The minimum atomic E-state index is -4.78. The number of alkyl halides is 3. The van der Waals surface area contributed by atoms with Crippen molar-refractivity contribution < 1.29 is 22.3 Å². The molecule has 0 spiro atoms. The molecule has 30 heavy (non-hydrogen) atoms. The van der Waals surface area contributed by atoms with Crippen LogP contribution in [0.3, 0.4) is 0 Å². The van der Waals surface area contributed by atoms with Crippen LogP contribution in [0.15, 0.2) is 65.1 Å². The maximum atomic E-state index is 12.9. The van der Waals surface area contributed by atoms with Gasteiger partial charge in [-0.25, -0.2) is 0 Å². The minimum absolute atomic E-state index is 0.120. The van der Waals surface area contributed by atoms with Crippen LogP contribution >= 0.6 is 22.9 Å². The minimum Gasteiger partial charge on any atom is -0.454 e. The van der Waals surface area contributed by atoms with E-state index in [2.05, 4.69) is 25.5 Å². The van der Waals surface area contributed by atoms with Crippen molar-refractivity contribution in [2.75, 3.05) is 3.11 Å². The smallest absolute Gasteiger partial charge is 0.454 e. The summed E-state index contributed by atoms with van der Waals surface area (Å²) < 4.78 is 50.8. The molecular formula is C23H19F3INO2. The molecule has 0 unspecified atom stereocenters. The van der Waals surface area contributed by atoms with Gasteiger partial charge in [0.1, 0.15) is 5.58 Å². The first-order valence-corrected chi connectivity index (χ1v) is 10.3. The lowest BCUT2D eigenvalue weighted by Gasteiger charge is -2.21. The average Bonchev–Trinajstić information content (AvgIpc) is 3.04. The molecule has 0 radical (unpaired) electrons. The molecule has 0 aliphatic carbocycles. The van der Waals surface area contributed by atoms with Gasteiger partial charge in [0, 0.05) is 16.3 Å². The van der Waals surface area contributed by atoms with Gasteiger partial charge in [0.05, 0.1) is 34.2 Å². The van der Waals surface area contributed by atoms with Gasteiger partial charge in [0.25, 0.3) is 0 Å². The second-order valence-corrected chi connectivity index (χ2v) is 8.95. The number of furan rings is 1. The highest BCUT2D eigenvalue weighted by Crippen LogP contribution is 2.44. The van der Waals surface area contributed by atoms with Crippen LogP contribution in [0, 0.1) is 0 Å². The molecule has 0 aliphatic heterocycles. The highest BCUT2D eigenvalue weighted by atomic mass is 127. The van der Waals surface area contributed by atoms with E-state index in [0.29, 0.717) is 11.3 Å². The van der Waals surface area contributed by atoms with Gasteiger partial charge < -0.3 is 9.15 Å². The van der Waals surface area contributed by atoms with Crippen LogP contribution in [0.5, 0.6) is 5.75 Å². The van der Waals surface area contributed by atoms with Gasteiger partial charge in [0.2, 0.25) is 0 Å². The summed E-state index contributed by atoms with van der Waals surface area (Å²) in [6.07, 6.45) is -4.78. The first kappa shape index (κ1) is 20.8. The third-order valence-electron chi connectivity index (χ3n) is 4.83. The van der Waals surface area contributed by atoms with Gasteiger partial charge in [-0.2, -0.15) is 0 Å². The number of anilines is 2. The zero-order valence-electron chi connectivity index (χ0n) is 16.5. The average molecular weight is 525 g/mol. The van der Waals surface area contributed by atoms with Crippen molar-refractivity contribution in [3.05, 3.63) is 66.2 Å². The fourth-order valence-electron chi connectivity index (χ4n) is 3.51. The van der Waals surface area contributed by atoms with E-state index in [9.17, 15) is 13.2 Å². The van der Waals surface area contributed by atoms with E-state index in [1.165, 1.54) is 12.1 Å². The molecule has 0 atom stereocenters. The van der Waals surface area contributed by atoms with Crippen LogP contribution < -0.4 is 7.85 Å². The van der Waals surface area contributed by atoms with Crippen LogP contribution in [-0.2, 0) is 5.41 Å². The van der Waals surface area contributed by atoms with Crippen molar-refractivity contribution in [1.29, 1.82) is 0 Å². The normalized spacial score (nSPS) is 12.5. The predicted molar refractivity (Wildman–Crippen MR) is 122 cm³/mol. The van der Waals surface area contributed by atoms with E-state index in [1.54, 1.807) is 15.2 Å². The molecule has 0 bridgehead atoms. The second-order valence-electron chi connectivity index (χ2n) is 7.98. The van der Waals surface area contributed by atoms with Crippen molar-refractivity contribution >= 4 is 56.2 Å². The molecule has 3 aromatic carbocycles. The summed E-state index contributed by atoms with van der Waals surface area (Å²) in [5, 5.41) is 1.88. The SMILES string of the molecule is CC(C)(C)c1cccc2c1oc1c(N(I)c3ccccc3OC(F)(F)F)cccc12. The summed E-state index contributed by atoms with van der Waals surface area (Å²) in [5.74, 6) is -0.275. The standard InChI is InChI=1S/C23H19F3INO2/c1-22(2,3)16-10-6-8-14-15-9-7-12-18(21(15)29-20(14)16)28(27)17-11-4-5-13-19(17)30-23(24,25)26/h4-13H,1-3H3. The van der Waals surface area contributed by atoms with Gasteiger partial charge >= 0.3 is 6.36 Å². The summed E-state index contributed by atoms with van der Waals surface area (Å²) in [7, 11) is 0.